The molecule has 2 aromatic rings. The van der Waals surface area contributed by atoms with Crippen LogP contribution in [0.5, 0.6) is 0 Å². The van der Waals surface area contributed by atoms with Gasteiger partial charge < -0.3 is 4.57 Å². The van der Waals surface area contributed by atoms with Gasteiger partial charge in [-0.3, -0.25) is 4.79 Å². The first-order valence-electron chi connectivity index (χ1n) is 5.19. The van der Waals surface area contributed by atoms with Crippen molar-refractivity contribution in [2.75, 3.05) is 0 Å². The SMILES string of the molecule is Cc1cc2c(cc1F)c(C)c(C)c(=O)n2C. The van der Waals surface area contributed by atoms with E-state index in [1.54, 1.807) is 31.5 Å². The minimum atomic E-state index is -0.228. The van der Waals surface area contributed by atoms with Crippen LogP contribution >= 0.6 is 0 Å². The molecule has 0 radical (unpaired) electrons. The molecule has 2 rings (SSSR count). The molecule has 0 saturated heterocycles. The molecule has 0 aliphatic heterocycles. The third kappa shape index (κ3) is 1.35. The number of rotatable bonds is 0. The highest BCUT2D eigenvalue weighted by atomic mass is 19.1. The molecule has 0 amide bonds. The van der Waals surface area contributed by atoms with Gasteiger partial charge in [-0.25, -0.2) is 4.39 Å². The van der Waals surface area contributed by atoms with Crippen LogP contribution < -0.4 is 5.56 Å². The highest BCUT2D eigenvalue weighted by Crippen LogP contribution is 2.21. The highest BCUT2D eigenvalue weighted by molar-refractivity contribution is 5.84. The van der Waals surface area contributed by atoms with E-state index in [4.69, 9.17) is 0 Å². The van der Waals surface area contributed by atoms with Gasteiger partial charge in [-0.15, -0.1) is 0 Å². The fourth-order valence-corrected chi connectivity index (χ4v) is 1.97. The molecule has 0 bridgehead atoms. The number of hydrogen-bond donors (Lipinski definition) is 0. The summed E-state index contributed by atoms with van der Waals surface area (Å²) in [5, 5.41) is 0.808. The number of halogens is 1. The van der Waals surface area contributed by atoms with Gasteiger partial charge in [0.15, 0.2) is 0 Å². The van der Waals surface area contributed by atoms with Gasteiger partial charge in [0.2, 0.25) is 0 Å². The second kappa shape index (κ2) is 3.44. The first kappa shape index (κ1) is 10.9. The van der Waals surface area contributed by atoms with Gasteiger partial charge >= 0.3 is 0 Å². The average Bonchev–Trinajstić information content (AvgIpc) is 2.26. The van der Waals surface area contributed by atoms with Crippen molar-refractivity contribution in [3.8, 4) is 0 Å². The number of nitrogens with zero attached hydrogens (tertiary/aromatic N) is 1. The predicted octanol–water partition coefficient (Wildman–Crippen LogP) is 2.60. The van der Waals surface area contributed by atoms with Gasteiger partial charge in [0, 0.05) is 18.0 Å². The normalized spacial score (nSPS) is 11.1. The summed E-state index contributed by atoms with van der Waals surface area (Å²) in [6.45, 7) is 5.33. The molecular formula is C13H14FNO. The number of hydrogen-bond acceptors (Lipinski definition) is 1. The molecule has 0 aliphatic rings. The van der Waals surface area contributed by atoms with Crippen molar-refractivity contribution in [1.29, 1.82) is 0 Å². The Morgan fingerprint density at radius 1 is 1.12 bits per heavy atom. The maximum atomic E-state index is 13.5. The number of benzene rings is 1. The molecule has 16 heavy (non-hydrogen) atoms. The van der Waals surface area contributed by atoms with Crippen molar-refractivity contribution in [3.63, 3.8) is 0 Å². The zero-order valence-corrected chi connectivity index (χ0v) is 9.89. The average molecular weight is 219 g/mol. The zero-order valence-electron chi connectivity index (χ0n) is 9.89. The van der Waals surface area contributed by atoms with Crippen LogP contribution in [0.25, 0.3) is 10.9 Å². The van der Waals surface area contributed by atoms with E-state index in [9.17, 15) is 9.18 Å². The molecule has 84 valence electrons. The number of aryl methyl sites for hydroxylation is 3. The lowest BCUT2D eigenvalue weighted by Gasteiger charge is -2.11. The summed E-state index contributed by atoms with van der Waals surface area (Å²) in [6, 6.07) is 3.23. The molecule has 0 spiro atoms. The Labute approximate surface area is 93.3 Å². The van der Waals surface area contributed by atoms with E-state index in [0.717, 1.165) is 16.5 Å². The number of aromatic nitrogens is 1. The number of fused-ring (bicyclic) bond motifs is 1. The van der Waals surface area contributed by atoms with Crippen LogP contribution in [0.15, 0.2) is 16.9 Å². The molecule has 0 unspecified atom stereocenters. The van der Waals surface area contributed by atoms with E-state index in [1.807, 2.05) is 6.92 Å². The Kier molecular flexibility index (Phi) is 2.34. The van der Waals surface area contributed by atoms with Crippen molar-refractivity contribution in [2.45, 2.75) is 20.8 Å². The molecule has 1 aromatic heterocycles. The molecule has 3 heteroatoms. The quantitative estimate of drug-likeness (QED) is 0.667. The maximum Gasteiger partial charge on any atom is 0.253 e. The monoisotopic (exact) mass is 219 g/mol. The summed E-state index contributed by atoms with van der Waals surface area (Å²) in [5.74, 6) is -0.228. The Balaban J connectivity index is 3.09. The van der Waals surface area contributed by atoms with Crippen LogP contribution in [-0.4, -0.2) is 4.57 Å². The van der Waals surface area contributed by atoms with Gasteiger partial charge in [-0.2, -0.15) is 0 Å². The largest absolute Gasteiger partial charge is 0.311 e. The third-order valence-electron chi connectivity index (χ3n) is 3.23. The fraction of sp³-hybridized carbons (Fsp3) is 0.308. The molecule has 0 fully saturated rings. The van der Waals surface area contributed by atoms with Crippen LogP contribution in [0.1, 0.15) is 16.7 Å². The van der Waals surface area contributed by atoms with Crippen molar-refractivity contribution in [3.05, 3.63) is 45.0 Å². The third-order valence-corrected chi connectivity index (χ3v) is 3.23. The van der Waals surface area contributed by atoms with Crippen LogP contribution in [0.4, 0.5) is 4.39 Å². The topological polar surface area (TPSA) is 22.0 Å². The Bertz CT molecular complexity index is 641. The maximum absolute atomic E-state index is 13.5. The molecule has 0 aliphatic carbocycles. The molecule has 0 N–H and O–H groups in total. The Morgan fingerprint density at radius 2 is 1.75 bits per heavy atom. The first-order valence-corrected chi connectivity index (χ1v) is 5.19. The smallest absolute Gasteiger partial charge is 0.253 e. The van der Waals surface area contributed by atoms with Crippen molar-refractivity contribution >= 4 is 10.9 Å². The summed E-state index contributed by atoms with van der Waals surface area (Å²) in [5.41, 5.74) is 2.86. The molecule has 1 heterocycles. The fourth-order valence-electron chi connectivity index (χ4n) is 1.97. The minimum Gasteiger partial charge on any atom is -0.311 e. The Morgan fingerprint density at radius 3 is 2.38 bits per heavy atom. The lowest BCUT2D eigenvalue weighted by molar-refractivity contribution is 0.620. The van der Waals surface area contributed by atoms with Crippen LogP contribution in [-0.2, 0) is 7.05 Å². The van der Waals surface area contributed by atoms with Crippen LogP contribution in [0.2, 0.25) is 0 Å². The molecule has 2 nitrogen and oxygen atoms in total. The van der Waals surface area contributed by atoms with Crippen molar-refractivity contribution < 1.29 is 4.39 Å². The van der Waals surface area contributed by atoms with Gasteiger partial charge in [-0.1, -0.05) is 0 Å². The van der Waals surface area contributed by atoms with Crippen LogP contribution in [0.3, 0.4) is 0 Å². The molecule has 0 saturated carbocycles. The van der Waals surface area contributed by atoms with E-state index >= 15 is 0 Å². The number of pyridine rings is 1. The van der Waals surface area contributed by atoms with Crippen LogP contribution in [0, 0.1) is 26.6 Å². The second-order valence-electron chi connectivity index (χ2n) is 4.23. The van der Waals surface area contributed by atoms with Gasteiger partial charge in [-0.05, 0) is 44.0 Å². The van der Waals surface area contributed by atoms with E-state index in [2.05, 4.69) is 0 Å². The van der Waals surface area contributed by atoms with Gasteiger partial charge in [0.05, 0.1) is 5.52 Å². The molecular weight excluding hydrogens is 205 g/mol. The summed E-state index contributed by atoms with van der Waals surface area (Å²) < 4.78 is 15.1. The van der Waals surface area contributed by atoms with Gasteiger partial charge in [0.25, 0.3) is 5.56 Å². The zero-order chi connectivity index (χ0) is 12.0. The summed E-state index contributed by atoms with van der Waals surface area (Å²) >= 11 is 0. The summed E-state index contributed by atoms with van der Waals surface area (Å²) in [4.78, 5) is 11.9. The molecule has 0 atom stereocenters. The lowest BCUT2D eigenvalue weighted by atomic mass is 10.0. The van der Waals surface area contributed by atoms with Crippen molar-refractivity contribution in [2.24, 2.45) is 7.05 Å². The van der Waals surface area contributed by atoms with E-state index < -0.39 is 0 Å². The van der Waals surface area contributed by atoms with Crippen molar-refractivity contribution in [1.82, 2.24) is 4.57 Å². The predicted molar refractivity (Wildman–Crippen MR) is 63.4 cm³/mol. The van der Waals surface area contributed by atoms with E-state index in [-0.39, 0.29) is 11.4 Å². The highest BCUT2D eigenvalue weighted by Gasteiger charge is 2.10. The minimum absolute atomic E-state index is 0.0176. The Hall–Kier alpha value is -1.64. The molecule has 1 aromatic carbocycles. The van der Waals surface area contributed by atoms with E-state index in [1.165, 1.54) is 6.07 Å². The first-order chi connectivity index (χ1) is 7.43. The standard InChI is InChI=1S/C13H14FNO/c1-7-5-12-10(6-11(7)14)8(2)9(3)13(16)15(12)4/h5-6H,1-4H3. The lowest BCUT2D eigenvalue weighted by Crippen LogP contribution is -2.21. The van der Waals surface area contributed by atoms with Gasteiger partial charge in [0.1, 0.15) is 5.82 Å². The van der Waals surface area contributed by atoms with E-state index in [0.29, 0.717) is 11.1 Å². The summed E-state index contributed by atoms with van der Waals surface area (Å²) in [7, 11) is 1.72. The summed E-state index contributed by atoms with van der Waals surface area (Å²) in [6.07, 6.45) is 0. The second-order valence-corrected chi connectivity index (χ2v) is 4.23.